The van der Waals surface area contributed by atoms with Crippen LogP contribution in [0.4, 0.5) is 8.78 Å². The summed E-state index contributed by atoms with van der Waals surface area (Å²) in [5.41, 5.74) is 2.66. The molecule has 4 nitrogen and oxygen atoms in total. The molecule has 0 radical (unpaired) electrons. The van der Waals surface area contributed by atoms with Gasteiger partial charge in [-0.1, -0.05) is 30.3 Å². The van der Waals surface area contributed by atoms with Gasteiger partial charge in [0, 0.05) is 20.5 Å². The van der Waals surface area contributed by atoms with Gasteiger partial charge in [-0.2, -0.15) is 0 Å². The monoisotopic (exact) mass is 386 g/mol. The Bertz CT molecular complexity index is 900. The minimum Gasteiger partial charge on any atom is -0.339 e. The van der Waals surface area contributed by atoms with Gasteiger partial charge in [0.2, 0.25) is 11.8 Å². The number of nitrogens with zero attached hydrogens (tertiary/aromatic N) is 2. The van der Waals surface area contributed by atoms with Crippen LogP contribution in [0.15, 0.2) is 42.5 Å². The van der Waals surface area contributed by atoms with Crippen molar-refractivity contribution in [3.05, 3.63) is 70.8 Å². The van der Waals surface area contributed by atoms with Gasteiger partial charge < -0.3 is 9.80 Å². The van der Waals surface area contributed by atoms with E-state index in [0.717, 1.165) is 29.7 Å². The first kappa shape index (κ1) is 20.0. The lowest BCUT2D eigenvalue weighted by atomic mass is 9.90. The third-order valence-electron chi connectivity index (χ3n) is 5.59. The van der Waals surface area contributed by atoms with Gasteiger partial charge in [-0.25, -0.2) is 8.78 Å². The van der Waals surface area contributed by atoms with Crippen LogP contribution < -0.4 is 0 Å². The average Bonchev–Trinajstić information content (AvgIpc) is 2.68. The summed E-state index contributed by atoms with van der Waals surface area (Å²) < 4.78 is 26.8. The van der Waals surface area contributed by atoms with Crippen molar-refractivity contribution in [2.45, 2.75) is 38.8 Å². The summed E-state index contributed by atoms with van der Waals surface area (Å²) in [6.45, 7) is 3.86. The van der Waals surface area contributed by atoms with Gasteiger partial charge >= 0.3 is 0 Å². The number of carbonyl (C=O) groups excluding carboxylic acids is 2. The maximum Gasteiger partial charge on any atom is 0.225 e. The Balaban J connectivity index is 1.81. The zero-order valence-electron chi connectivity index (χ0n) is 16.3. The second-order valence-electron chi connectivity index (χ2n) is 7.24. The molecule has 2 atom stereocenters. The van der Waals surface area contributed by atoms with Gasteiger partial charge in [0.15, 0.2) is 11.6 Å². The predicted molar refractivity (Wildman–Crippen MR) is 102 cm³/mol. The molecule has 148 valence electrons. The zero-order valence-corrected chi connectivity index (χ0v) is 16.3. The summed E-state index contributed by atoms with van der Waals surface area (Å²) in [5, 5.41) is 0. The number of hydrogen-bond acceptors (Lipinski definition) is 2. The number of hydrogen-bond donors (Lipinski definition) is 0. The molecule has 2 aromatic carbocycles. The van der Waals surface area contributed by atoms with Crippen LogP contribution in [0, 0.1) is 11.6 Å². The van der Waals surface area contributed by atoms with Crippen LogP contribution in [0.3, 0.4) is 0 Å². The van der Waals surface area contributed by atoms with Crippen LogP contribution in [0.25, 0.3) is 0 Å². The van der Waals surface area contributed by atoms with Crippen LogP contribution in [0.1, 0.15) is 49.0 Å². The van der Waals surface area contributed by atoms with E-state index in [4.69, 9.17) is 0 Å². The fourth-order valence-corrected chi connectivity index (χ4v) is 3.77. The van der Waals surface area contributed by atoms with E-state index in [9.17, 15) is 18.4 Å². The predicted octanol–water partition coefficient (Wildman–Crippen LogP) is 4.02. The molecule has 0 spiro atoms. The SMILES string of the molecule is CC(=O)N1CCc2ccccc2C1CC(=O)N(C)C(C)c1ccc(F)c(F)c1. The summed E-state index contributed by atoms with van der Waals surface area (Å²) in [7, 11) is 1.64. The van der Waals surface area contributed by atoms with Crippen molar-refractivity contribution in [3.8, 4) is 0 Å². The Kier molecular flexibility index (Phi) is 5.77. The molecule has 0 N–H and O–H groups in total. The first-order chi connectivity index (χ1) is 13.3. The molecule has 2 unspecified atom stereocenters. The fourth-order valence-electron chi connectivity index (χ4n) is 3.77. The smallest absolute Gasteiger partial charge is 0.225 e. The Hall–Kier alpha value is -2.76. The summed E-state index contributed by atoms with van der Waals surface area (Å²) in [6.07, 6.45) is 0.905. The van der Waals surface area contributed by atoms with Crippen molar-refractivity contribution in [1.82, 2.24) is 9.80 Å². The summed E-state index contributed by atoms with van der Waals surface area (Å²) >= 11 is 0. The molecular weight excluding hydrogens is 362 g/mol. The normalized spacial score (nSPS) is 17.0. The van der Waals surface area contributed by atoms with Crippen molar-refractivity contribution >= 4 is 11.8 Å². The van der Waals surface area contributed by atoms with E-state index in [-0.39, 0.29) is 24.3 Å². The molecule has 0 saturated heterocycles. The highest BCUT2D eigenvalue weighted by atomic mass is 19.2. The molecule has 1 aliphatic rings. The molecule has 0 fully saturated rings. The number of halogens is 2. The number of fused-ring (bicyclic) bond motifs is 1. The third kappa shape index (κ3) is 3.91. The molecular formula is C22H24F2N2O2. The van der Waals surface area contributed by atoms with Crippen LogP contribution >= 0.6 is 0 Å². The average molecular weight is 386 g/mol. The molecule has 0 aliphatic carbocycles. The van der Waals surface area contributed by atoms with Gasteiger partial charge in [-0.15, -0.1) is 0 Å². The molecule has 0 aromatic heterocycles. The van der Waals surface area contributed by atoms with Crippen molar-refractivity contribution in [3.63, 3.8) is 0 Å². The van der Waals surface area contributed by atoms with Crippen LogP contribution in [0.5, 0.6) is 0 Å². The lowest BCUT2D eigenvalue weighted by Gasteiger charge is -2.38. The van der Waals surface area contributed by atoms with Crippen molar-refractivity contribution < 1.29 is 18.4 Å². The fraction of sp³-hybridized carbons (Fsp3) is 0.364. The maximum absolute atomic E-state index is 13.6. The third-order valence-corrected chi connectivity index (χ3v) is 5.59. The van der Waals surface area contributed by atoms with Crippen LogP contribution in [-0.4, -0.2) is 35.2 Å². The van der Waals surface area contributed by atoms with Gasteiger partial charge in [0.05, 0.1) is 18.5 Å². The summed E-state index contributed by atoms with van der Waals surface area (Å²) in [4.78, 5) is 28.3. The summed E-state index contributed by atoms with van der Waals surface area (Å²) in [5.74, 6) is -2.08. The van der Waals surface area contributed by atoms with Crippen molar-refractivity contribution in [2.24, 2.45) is 0 Å². The lowest BCUT2D eigenvalue weighted by molar-refractivity contribution is -0.137. The molecule has 28 heavy (non-hydrogen) atoms. The van der Waals surface area contributed by atoms with Gasteiger partial charge in [0.1, 0.15) is 0 Å². The highest BCUT2D eigenvalue weighted by Crippen LogP contribution is 2.33. The first-order valence-corrected chi connectivity index (χ1v) is 9.35. The van der Waals surface area contributed by atoms with Crippen LogP contribution in [-0.2, 0) is 16.0 Å². The lowest BCUT2D eigenvalue weighted by Crippen LogP contribution is -2.41. The quantitative estimate of drug-likeness (QED) is 0.796. The highest BCUT2D eigenvalue weighted by molar-refractivity contribution is 5.80. The minimum atomic E-state index is -0.936. The number of amides is 2. The minimum absolute atomic E-state index is 0.0661. The number of rotatable bonds is 4. The molecule has 0 saturated carbocycles. The van der Waals surface area contributed by atoms with Gasteiger partial charge in [-0.3, -0.25) is 9.59 Å². The van der Waals surface area contributed by atoms with E-state index in [1.807, 2.05) is 24.3 Å². The number of benzene rings is 2. The van der Waals surface area contributed by atoms with Crippen LogP contribution in [0.2, 0.25) is 0 Å². The standard InChI is InChI=1S/C22H24F2N2O2/c1-14(17-8-9-19(23)20(24)12-17)25(3)22(28)13-21-18-7-5-4-6-16(18)10-11-26(21)15(2)27/h4-9,12,14,21H,10-11,13H2,1-3H3. The molecule has 2 aromatic rings. The van der Waals surface area contributed by atoms with E-state index in [0.29, 0.717) is 12.1 Å². The topological polar surface area (TPSA) is 40.6 Å². The second kappa shape index (κ2) is 8.09. The second-order valence-corrected chi connectivity index (χ2v) is 7.24. The van der Waals surface area contributed by atoms with E-state index >= 15 is 0 Å². The Labute approximate surface area is 163 Å². The molecule has 6 heteroatoms. The molecule has 3 rings (SSSR count). The Morgan fingerprint density at radius 1 is 1.18 bits per heavy atom. The van der Waals surface area contributed by atoms with Crippen molar-refractivity contribution in [2.75, 3.05) is 13.6 Å². The van der Waals surface area contributed by atoms with E-state index in [1.54, 1.807) is 18.9 Å². The first-order valence-electron chi connectivity index (χ1n) is 9.35. The van der Waals surface area contributed by atoms with Gasteiger partial charge in [-0.05, 0) is 42.2 Å². The number of carbonyl (C=O) groups is 2. The largest absolute Gasteiger partial charge is 0.339 e. The van der Waals surface area contributed by atoms with Crippen molar-refractivity contribution in [1.29, 1.82) is 0 Å². The van der Waals surface area contributed by atoms with E-state index < -0.39 is 17.7 Å². The molecule has 1 heterocycles. The summed E-state index contributed by atoms with van der Waals surface area (Å²) in [6, 6.07) is 10.8. The molecule has 1 aliphatic heterocycles. The van der Waals surface area contributed by atoms with E-state index in [2.05, 4.69) is 0 Å². The Morgan fingerprint density at radius 3 is 2.57 bits per heavy atom. The van der Waals surface area contributed by atoms with Gasteiger partial charge in [0.25, 0.3) is 0 Å². The molecule has 0 bridgehead atoms. The molecule has 2 amide bonds. The highest BCUT2D eigenvalue weighted by Gasteiger charge is 2.32. The van der Waals surface area contributed by atoms with E-state index in [1.165, 1.54) is 17.9 Å². The maximum atomic E-state index is 13.6. The zero-order chi connectivity index (χ0) is 20.4. The Morgan fingerprint density at radius 2 is 1.89 bits per heavy atom.